The van der Waals surface area contributed by atoms with E-state index in [0.717, 1.165) is 6.42 Å². The van der Waals surface area contributed by atoms with E-state index in [0.29, 0.717) is 0 Å². The number of fused-ring (bicyclic) bond motifs is 6. The van der Waals surface area contributed by atoms with E-state index in [1.54, 1.807) is 0 Å². The summed E-state index contributed by atoms with van der Waals surface area (Å²) in [5.74, 6) is 0. The van der Waals surface area contributed by atoms with Gasteiger partial charge in [0, 0.05) is 0 Å². The van der Waals surface area contributed by atoms with Crippen LogP contribution in [0.3, 0.4) is 0 Å². The number of rotatable bonds is 3. The lowest BCUT2D eigenvalue weighted by Gasteiger charge is -2.18. The Hall–Kier alpha value is -5.46. The predicted molar refractivity (Wildman–Crippen MR) is 184 cm³/mol. The molecule has 0 aliphatic heterocycles. The molecule has 200 valence electrons. The molecule has 0 bridgehead atoms. The van der Waals surface area contributed by atoms with Crippen LogP contribution in [-0.2, 0) is 6.42 Å². The Bertz CT molecular complexity index is 2280. The van der Waals surface area contributed by atoms with Crippen LogP contribution >= 0.6 is 0 Å². The first-order valence-electron chi connectivity index (χ1n) is 15.1. The lowest BCUT2D eigenvalue weighted by molar-refractivity contribution is 1.27. The third-order valence-corrected chi connectivity index (χ3v) is 9.28. The van der Waals surface area contributed by atoms with Gasteiger partial charge in [-0.05, 0) is 100 Å². The molecule has 0 aromatic heterocycles. The van der Waals surface area contributed by atoms with Gasteiger partial charge < -0.3 is 0 Å². The van der Waals surface area contributed by atoms with Crippen LogP contribution in [0.2, 0.25) is 0 Å². The molecule has 0 amide bonds. The van der Waals surface area contributed by atoms with Crippen LogP contribution in [0.1, 0.15) is 11.1 Å². The summed E-state index contributed by atoms with van der Waals surface area (Å²) in [6.45, 7) is 0. The van der Waals surface area contributed by atoms with E-state index < -0.39 is 0 Å². The van der Waals surface area contributed by atoms with Crippen molar-refractivity contribution in [1.29, 1.82) is 0 Å². The van der Waals surface area contributed by atoms with Crippen LogP contribution in [0.4, 0.5) is 0 Å². The first-order valence-corrected chi connectivity index (χ1v) is 15.1. The van der Waals surface area contributed by atoms with E-state index in [9.17, 15) is 0 Å². The van der Waals surface area contributed by atoms with Gasteiger partial charge in [0.1, 0.15) is 0 Å². The van der Waals surface area contributed by atoms with Crippen LogP contribution in [0.25, 0.3) is 76.8 Å². The fourth-order valence-corrected chi connectivity index (χ4v) is 7.35. The van der Waals surface area contributed by atoms with Crippen LogP contribution in [-0.4, -0.2) is 0 Å². The summed E-state index contributed by atoms with van der Waals surface area (Å²) in [5.41, 5.74) is 13.3. The lowest BCUT2D eigenvalue weighted by Crippen LogP contribution is -1.91. The molecule has 0 N–H and O–H groups in total. The van der Waals surface area contributed by atoms with E-state index in [2.05, 4.69) is 158 Å². The molecule has 0 radical (unpaired) electrons. The van der Waals surface area contributed by atoms with Gasteiger partial charge in [0.05, 0.1) is 0 Å². The lowest BCUT2D eigenvalue weighted by atomic mass is 9.85. The highest BCUT2D eigenvalue weighted by Gasteiger charge is 2.22. The van der Waals surface area contributed by atoms with Gasteiger partial charge in [0.25, 0.3) is 0 Å². The van der Waals surface area contributed by atoms with Crippen LogP contribution < -0.4 is 0 Å². The van der Waals surface area contributed by atoms with Crippen molar-refractivity contribution >= 4 is 32.3 Å². The fourth-order valence-electron chi connectivity index (χ4n) is 7.35. The highest BCUT2D eigenvalue weighted by atomic mass is 14.3. The van der Waals surface area contributed by atoms with E-state index in [1.165, 1.54) is 88.0 Å². The van der Waals surface area contributed by atoms with Crippen molar-refractivity contribution in [1.82, 2.24) is 0 Å². The second kappa shape index (κ2) is 9.54. The maximum atomic E-state index is 2.38. The van der Waals surface area contributed by atoms with Gasteiger partial charge in [-0.3, -0.25) is 0 Å². The van der Waals surface area contributed by atoms with Gasteiger partial charge in [-0.2, -0.15) is 0 Å². The van der Waals surface area contributed by atoms with Gasteiger partial charge in [-0.15, -0.1) is 0 Å². The van der Waals surface area contributed by atoms with Crippen molar-refractivity contribution in [3.63, 3.8) is 0 Å². The molecule has 8 aromatic rings. The minimum atomic E-state index is 0.976. The summed E-state index contributed by atoms with van der Waals surface area (Å²) >= 11 is 0. The van der Waals surface area contributed by atoms with Crippen LogP contribution in [0, 0.1) is 0 Å². The van der Waals surface area contributed by atoms with E-state index >= 15 is 0 Å². The summed E-state index contributed by atoms with van der Waals surface area (Å²) in [6, 6.07) is 58.1. The quantitative estimate of drug-likeness (QED) is 0.194. The molecule has 0 saturated heterocycles. The molecular formula is C43H28. The molecule has 0 heterocycles. The zero-order chi connectivity index (χ0) is 28.3. The molecule has 8 aromatic carbocycles. The predicted octanol–water partition coefficient (Wildman–Crippen LogP) is 11.7. The standard InChI is InChI=1S/C43H28/c1-2-11-29(12-3-1)42-36-15-6-8-17-38(36)43(39-18-9-7-16-37(39)42)30-23-21-28(22-24-30)34-19-10-20-35-40-26-32-14-5-4-13-31(32)25-33(40)27-41(34)35/h1-26H,27H2. The summed E-state index contributed by atoms with van der Waals surface area (Å²) < 4.78 is 0. The second-order valence-electron chi connectivity index (χ2n) is 11.6. The SMILES string of the molecule is c1ccc(-c2c3ccccc3c(-c3ccc(-c4cccc5c4Cc4cc6ccccc6cc4-5)cc3)c3ccccc23)cc1. The Morgan fingerprint density at radius 1 is 0.326 bits per heavy atom. The van der Waals surface area contributed by atoms with E-state index in [4.69, 9.17) is 0 Å². The largest absolute Gasteiger partial charge is 0.0622 e. The fraction of sp³-hybridized carbons (Fsp3) is 0.0233. The molecule has 0 spiro atoms. The Kier molecular flexibility index (Phi) is 5.36. The molecule has 0 heteroatoms. The van der Waals surface area contributed by atoms with Crippen molar-refractivity contribution in [3.8, 4) is 44.5 Å². The monoisotopic (exact) mass is 544 g/mol. The van der Waals surface area contributed by atoms with Crippen LogP contribution in [0.5, 0.6) is 0 Å². The van der Waals surface area contributed by atoms with Gasteiger partial charge in [0.15, 0.2) is 0 Å². The van der Waals surface area contributed by atoms with Crippen molar-refractivity contribution < 1.29 is 0 Å². The van der Waals surface area contributed by atoms with Crippen molar-refractivity contribution in [3.05, 3.63) is 169 Å². The van der Waals surface area contributed by atoms with E-state index in [1.807, 2.05) is 0 Å². The molecule has 0 nitrogen and oxygen atoms in total. The number of benzene rings is 8. The summed E-state index contributed by atoms with van der Waals surface area (Å²) in [5, 5.41) is 7.78. The van der Waals surface area contributed by atoms with Gasteiger partial charge in [-0.25, -0.2) is 0 Å². The average Bonchev–Trinajstić information content (AvgIpc) is 3.44. The highest BCUT2D eigenvalue weighted by Crippen LogP contribution is 2.46. The van der Waals surface area contributed by atoms with E-state index in [-0.39, 0.29) is 0 Å². The third kappa shape index (κ3) is 3.77. The van der Waals surface area contributed by atoms with Crippen molar-refractivity contribution in [2.45, 2.75) is 6.42 Å². The minimum absolute atomic E-state index is 0.976. The first kappa shape index (κ1) is 24.2. The molecule has 0 unspecified atom stereocenters. The maximum absolute atomic E-state index is 2.38. The normalized spacial score (nSPS) is 12.1. The molecule has 1 aliphatic rings. The molecule has 0 fully saturated rings. The topological polar surface area (TPSA) is 0 Å². The van der Waals surface area contributed by atoms with Crippen molar-refractivity contribution in [2.24, 2.45) is 0 Å². The summed E-state index contributed by atoms with van der Waals surface area (Å²) in [6.07, 6.45) is 0.976. The minimum Gasteiger partial charge on any atom is -0.0622 e. The summed E-state index contributed by atoms with van der Waals surface area (Å²) in [4.78, 5) is 0. The molecular weight excluding hydrogens is 516 g/mol. The molecule has 0 saturated carbocycles. The van der Waals surface area contributed by atoms with Gasteiger partial charge in [-0.1, -0.05) is 152 Å². The third-order valence-electron chi connectivity index (χ3n) is 9.28. The Labute approximate surface area is 251 Å². The zero-order valence-electron chi connectivity index (χ0n) is 23.7. The Morgan fingerprint density at radius 3 is 1.44 bits per heavy atom. The number of hydrogen-bond acceptors (Lipinski definition) is 0. The first-order chi connectivity index (χ1) is 21.3. The second-order valence-corrected chi connectivity index (χ2v) is 11.6. The Balaban J connectivity index is 1.19. The van der Waals surface area contributed by atoms with Crippen molar-refractivity contribution in [2.75, 3.05) is 0 Å². The maximum Gasteiger partial charge on any atom is -0.000706 e. The molecule has 43 heavy (non-hydrogen) atoms. The average molecular weight is 545 g/mol. The molecule has 0 atom stereocenters. The Morgan fingerprint density at radius 2 is 0.814 bits per heavy atom. The van der Waals surface area contributed by atoms with Crippen LogP contribution in [0.15, 0.2) is 158 Å². The van der Waals surface area contributed by atoms with Gasteiger partial charge in [0.2, 0.25) is 0 Å². The van der Waals surface area contributed by atoms with Gasteiger partial charge >= 0.3 is 0 Å². The molecule has 9 rings (SSSR count). The number of hydrogen-bond donors (Lipinski definition) is 0. The summed E-state index contributed by atoms with van der Waals surface area (Å²) in [7, 11) is 0. The zero-order valence-corrected chi connectivity index (χ0v) is 23.7. The smallest absolute Gasteiger partial charge is 0.000706 e. The highest BCUT2D eigenvalue weighted by molar-refractivity contribution is 6.21. The molecule has 1 aliphatic carbocycles.